The van der Waals surface area contributed by atoms with Crippen molar-refractivity contribution in [2.45, 2.75) is 13.1 Å². The Morgan fingerprint density at radius 2 is 0.791 bits per heavy atom. The molecule has 0 saturated carbocycles. The Labute approximate surface area is 253 Å². The summed E-state index contributed by atoms with van der Waals surface area (Å²) < 4.78 is 0. The van der Waals surface area contributed by atoms with Crippen LogP contribution in [0.3, 0.4) is 0 Å². The largest absolute Gasteiger partial charge is 0.256 e. The van der Waals surface area contributed by atoms with Gasteiger partial charge in [-0.3, -0.25) is 19.9 Å². The highest BCUT2D eigenvalue weighted by molar-refractivity contribution is 7.13. The zero-order valence-electron chi connectivity index (χ0n) is 24.1. The van der Waals surface area contributed by atoms with E-state index >= 15 is 0 Å². The SMILES string of the molecule is C[Si]1(C)C(c2ccc(-c3ccccn3)cn2)=C(c2ccccc2)C(c2ccccc2)=C1c1ccc(-c2ccccn2)cn1. The summed E-state index contributed by atoms with van der Waals surface area (Å²) in [7, 11) is -2.36. The highest BCUT2D eigenvalue weighted by atomic mass is 28.3. The summed E-state index contributed by atoms with van der Waals surface area (Å²) in [5.74, 6) is 0. The van der Waals surface area contributed by atoms with Crippen LogP contribution in [0.1, 0.15) is 22.5 Å². The maximum absolute atomic E-state index is 5.10. The number of hydrogen-bond donors (Lipinski definition) is 0. The molecule has 0 bridgehead atoms. The van der Waals surface area contributed by atoms with Crippen LogP contribution in [-0.2, 0) is 0 Å². The van der Waals surface area contributed by atoms with Crippen LogP contribution in [0.2, 0.25) is 13.1 Å². The molecule has 1 aliphatic rings. The molecule has 0 saturated heterocycles. The predicted molar refractivity (Wildman–Crippen MR) is 179 cm³/mol. The molecule has 4 aromatic heterocycles. The van der Waals surface area contributed by atoms with Crippen LogP contribution in [0.25, 0.3) is 44.1 Å². The molecular weight excluding hydrogens is 541 g/mol. The van der Waals surface area contributed by atoms with Gasteiger partial charge in [-0.05, 0) is 81.2 Å². The maximum Gasteiger partial charge on any atom is 0.119 e. The molecule has 4 nitrogen and oxygen atoms in total. The third kappa shape index (κ3) is 4.94. The minimum Gasteiger partial charge on any atom is -0.256 e. The normalized spacial score (nSPS) is 14.3. The topological polar surface area (TPSA) is 51.6 Å². The Balaban J connectivity index is 1.45. The van der Waals surface area contributed by atoms with Crippen LogP contribution < -0.4 is 0 Å². The standard InChI is InChI=1S/C38H30N4Si/c1-43(2)37(33-21-19-29(25-41-33)31-17-9-11-23-39-31)35(27-13-5-3-6-14-27)36(28-15-7-4-8-16-28)38(43)34-22-20-30(26-42-34)32-18-10-12-24-40-32/h3-26H,1-2H3. The van der Waals surface area contributed by atoms with Crippen molar-refractivity contribution >= 4 is 29.6 Å². The fourth-order valence-corrected chi connectivity index (χ4v) is 9.75. The lowest BCUT2D eigenvalue weighted by molar-refractivity contribution is 1.25. The van der Waals surface area contributed by atoms with Gasteiger partial charge < -0.3 is 0 Å². The van der Waals surface area contributed by atoms with Crippen molar-refractivity contribution in [2.75, 3.05) is 0 Å². The summed E-state index contributed by atoms with van der Waals surface area (Å²) in [6.45, 7) is 4.86. The molecule has 0 fully saturated rings. The molecule has 1 aliphatic heterocycles. The van der Waals surface area contributed by atoms with E-state index in [-0.39, 0.29) is 0 Å². The smallest absolute Gasteiger partial charge is 0.119 e. The molecular formula is C38H30N4Si. The number of nitrogens with zero attached hydrogens (tertiary/aromatic N) is 4. The molecule has 2 aromatic carbocycles. The van der Waals surface area contributed by atoms with Gasteiger partial charge in [0.05, 0.1) is 22.8 Å². The van der Waals surface area contributed by atoms with Crippen LogP contribution in [0.5, 0.6) is 0 Å². The third-order valence-corrected chi connectivity index (χ3v) is 11.6. The second-order valence-electron chi connectivity index (χ2n) is 11.2. The van der Waals surface area contributed by atoms with E-state index in [1.165, 1.54) is 32.7 Å². The molecule has 6 aromatic rings. The molecule has 0 aliphatic carbocycles. The molecule has 5 heteroatoms. The summed E-state index contributed by atoms with van der Waals surface area (Å²) in [5.41, 5.74) is 10.7. The van der Waals surface area contributed by atoms with Gasteiger partial charge in [-0.1, -0.05) is 85.9 Å². The first kappa shape index (κ1) is 26.6. The summed E-state index contributed by atoms with van der Waals surface area (Å²) in [5, 5.41) is 2.63. The van der Waals surface area contributed by atoms with Crippen LogP contribution >= 0.6 is 0 Å². The van der Waals surface area contributed by atoms with Gasteiger partial charge in [-0.25, -0.2) is 0 Å². The van der Waals surface area contributed by atoms with E-state index in [1.54, 1.807) is 0 Å². The van der Waals surface area contributed by atoms with Crippen molar-refractivity contribution < 1.29 is 0 Å². The Bertz CT molecular complexity index is 1790. The molecule has 0 unspecified atom stereocenters. The number of pyridine rings is 4. The van der Waals surface area contributed by atoms with Crippen molar-refractivity contribution in [3.8, 4) is 22.5 Å². The van der Waals surface area contributed by atoms with Crippen LogP contribution in [-0.4, -0.2) is 28.0 Å². The zero-order valence-corrected chi connectivity index (χ0v) is 25.1. The summed E-state index contributed by atoms with van der Waals surface area (Å²) in [6.07, 6.45) is 7.55. The fraction of sp³-hybridized carbons (Fsp3) is 0.0526. The summed E-state index contributed by atoms with van der Waals surface area (Å²) in [6, 6.07) is 42.0. The van der Waals surface area contributed by atoms with Gasteiger partial charge in [0.1, 0.15) is 8.07 Å². The van der Waals surface area contributed by atoms with Gasteiger partial charge in [0.2, 0.25) is 0 Å². The van der Waals surface area contributed by atoms with Crippen molar-refractivity contribution in [1.82, 2.24) is 19.9 Å². The Kier molecular flexibility index (Phi) is 6.93. The molecule has 0 amide bonds. The van der Waals surface area contributed by atoms with E-state index in [0.29, 0.717) is 0 Å². The van der Waals surface area contributed by atoms with Gasteiger partial charge in [-0.2, -0.15) is 0 Å². The van der Waals surface area contributed by atoms with Gasteiger partial charge in [0, 0.05) is 35.9 Å². The van der Waals surface area contributed by atoms with Gasteiger partial charge in [0.15, 0.2) is 0 Å². The van der Waals surface area contributed by atoms with E-state index in [1.807, 2.05) is 61.2 Å². The van der Waals surface area contributed by atoms with E-state index < -0.39 is 8.07 Å². The lowest BCUT2D eigenvalue weighted by Crippen LogP contribution is -2.29. The average molecular weight is 571 g/mol. The minimum absolute atomic E-state index is 0.919. The van der Waals surface area contributed by atoms with E-state index in [9.17, 15) is 0 Å². The zero-order chi connectivity index (χ0) is 29.2. The van der Waals surface area contributed by atoms with E-state index in [2.05, 4.69) is 108 Å². The molecule has 43 heavy (non-hydrogen) atoms. The molecule has 0 atom stereocenters. The van der Waals surface area contributed by atoms with E-state index in [0.717, 1.165) is 33.9 Å². The maximum atomic E-state index is 5.10. The van der Waals surface area contributed by atoms with Crippen LogP contribution in [0, 0.1) is 0 Å². The third-order valence-electron chi connectivity index (χ3n) is 8.09. The Morgan fingerprint density at radius 3 is 1.14 bits per heavy atom. The predicted octanol–water partition coefficient (Wildman–Crippen LogP) is 8.92. The lowest BCUT2D eigenvalue weighted by atomic mass is 9.90. The minimum atomic E-state index is -2.36. The first-order valence-corrected chi connectivity index (χ1v) is 17.5. The van der Waals surface area contributed by atoms with E-state index in [4.69, 9.17) is 9.97 Å². The number of benzene rings is 2. The highest BCUT2D eigenvalue weighted by Crippen LogP contribution is 2.55. The monoisotopic (exact) mass is 570 g/mol. The average Bonchev–Trinajstić information content (AvgIpc) is 3.33. The quantitative estimate of drug-likeness (QED) is 0.188. The second kappa shape index (κ2) is 11.2. The van der Waals surface area contributed by atoms with Crippen molar-refractivity contribution in [2.24, 2.45) is 0 Å². The van der Waals surface area contributed by atoms with Gasteiger partial charge in [-0.15, -0.1) is 0 Å². The van der Waals surface area contributed by atoms with Crippen molar-refractivity contribution in [3.63, 3.8) is 0 Å². The van der Waals surface area contributed by atoms with Crippen LogP contribution in [0.15, 0.2) is 146 Å². The van der Waals surface area contributed by atoms with Crippen molar-refractivity contribution in [1.29, 1.82) is 0 Å². The van der Waals surface area contributed by atoms with Crippen molar-refractivity contribution in [3.05, 3.63) is 169 Å². The number of hydrogen-bond acceptors (Lipinski definition) is 4. The van der Waals surface area contributed by atoms with Crippen LogP contribution in [0.4, 0.5) is 0 Å². The molecule has 7 rings (SSSR count). The number of allylic oxidation sites excluding steroid dienone is 2. The fourth-order valence-electron chi connectivity index (χ4n) is 6.14. The molecule has 5 heterocycles. The molecule has 206 valence electrons. The second-order valence-corrected chi connectivity index (χ2v) is 15.4. The number of rotatable bonds is 6. The summed E-state index contributed by atoms with van der Waals surface area (Å²) >= 11 is 0. The molecule has 0 spiro atoms. The molecule has 0 radical (unpaired) electrons. The summed E-state index contributed by atoms with van der Waals surface area (Å²) in [4.78, 5) is 19.3. The lowest BCUT2D eigenvalue weighted by Gasteiger charge is -2.25. The molecule has 0 N–H and O–H groups in total. The number of aromatic nitrogens is 4. The van der Waals surface area contributed by atoms with Gasteiger partial charge >= 0.3 is 0 Å². The Morgan fingerprint density at radius 1 is 0.372 bits per heavy atom. The highest BCUT2D eigenvalue weighted by Gasteiger charge is 2.44. The van der Waals surface area contributed by atoms with Gasteiger partial charge in [0.25, 0.3) is 0 Å². The first-order valence-electron chi connectivity index (χ1n) is 14.5. The first-order chi connectivity index (χ1) is 21.1. The Hall–Kier alpha value is -5.26.